The average Bonchev–Trinajstić information content (AvgIpc) is 3.00. The van der Waals surface area contributed by atoms with Crippen molar-refractivity contribution in [2.24, 2.45) is 11.7 Å². The molecule has 1 aliphatic heterocycles. The van der Waals surface area contributed by atoms with Crippen LogP contribution in [0.2, 0.25) is 0 Å². The monoisotopic (exact) mass is 575 g/mol. The van der Waals surface area contributed by atoms with Crippen molar-refractivity contribution in [2.75, 3.05) is 13.7 Å². The first kappa shape index (κ1) is 28.6. The zero-order valence-electron chi connectivity index (χ0n) is 22.9. The van der Waals surface area contributed by atoms with Gasteiger partial charge in [0, 0.05) is 31.3 Å². The molecule has 2 N–H and O–H groups in total. The zero-order chi connectivity index (χ0) is 29.2. The predicted molar refractivity (Wildman–Crippen MR) is 152 cm³/mol. The number of sulfone groups is 1. The minimum absolute atomic E-state index is 0.0485. The van der Waals surface area contributed by atoms with Crippen LogP contribution in [0.4, 0.5) is 4.79 Å². The Morgan fingerprint density at radius 3 is 2.54 bits per heavy atom. The Kier molecular flexibility index (Phi) is 8.02. The number of methoxy groups -OCH3 is 1. The third-order valence-electron chi connectivity index (χ3n) is 8.38. The van der Waals surface area contributed by atoms with Crippen molar-refractivity contribution in [1.29, 1.82) is 5.26 Å². The Labute approximate surface area is 239 Å². The molecule has 1 saturated carbocycles. The van der Waals surface area contributed by atoms with Crippen molar-refractivity contribution in [2.45, 2.75) is 60.4 Å². The maximum absolute atomic E-state index is 14.5. The number of piperidine rings is 1. The lowest BCUT2D eigenvalue weighted by molar-refractivity contribution is -0.145. The molecule has 0 spiro atoms. The number of nitrogens with zero attached hydrogens (tertiary/aromatic N) is 2. The van der Waals surface area contributed by atoms with E-state index in [-0.39, 0.29) is 29.8 Å². The summed E-state index contributed by atoms with van der Waals surface area (Å²) >= 11 is 0. The Morgan fingerprint density at radius 1 is 1.02 bits per heavy atom. The second-order valence-corrected chi connectivity index (χ2v) is 13.0. The normalized spacial score (nSPS) is 22.2. The topological polar surface area (TPSA) is 140 Å². The lowest BCUT2D eigenvalue weighted by Gasteiger charge is -2.49. The second kappa shape index (κ2) is 11.5. The van der Waals surface area contributed by atoms with Crippen LogP contribution < -0.4 is 5.73 Å². The first-order valence-corrected chi connectivity index (χ1v) is 15.2. The number of fused-ring (bicyclic) bond motifs is 2. The number of hydrogen-bond donors (Lipinski definition) is 1. The zero-order valence-corrected chi connectivity index (χ0v) is 23.7. The highest BCUT2D eigenvalue weighted by molar-refractivity contribution is 7.93. The summed E-state index contributed by atoms with van der Waals surface area (Å²) in [6.07, 6.45) is 1.97. The minimum Gasteiger partial charge on any atom is -0.438 e. The molecule has 2 aliphatic rings. The summed E-state index contributed by atoms with van der Waals surface area (Å²) in [6.45, 7) is 0.187. The van der Waals surface area contributed by atoms with E-state index < -0.39 is 32.9 Å². The van der Waals surface area contributed by atoms with Crippen LogP contribution in [-0.2, 0) is 30.5 Å². The summed E-state index contributed by atoms with van der Waals surface area (Å²) in [7, 11) is -3.18. The maximum atomic E-state index is 14.5. The molecule has 3 aromatic carbocycles. The summed E-state index contributed by atoms with van der Waals surface area (Å²) < 4.78 is 39.1. The molecule has 1 amide bonds. The summed E-state index contributed by atoms with van der Waals surface area (Å²) in [5.41, 5.74) is 7.65. The van der Waals surface area contributed by atoms with Gasteiger partial charge < -0.3 is 20.1 Å². The van der Waals surface area contributed by atoms with Gasteiger partial charge in [0.1, 0.15) is 6.10 Å². The van der Waals surface area contributed by atoms with Crippen LogP contribution in [0.25, 0.3) is 10.8 Å². The van der Waals surface area contributed by atoms with E-state index in [4.69, 9.17) is 15.2 Å². The lowest BCUT2D eigenvalue weighted by atomic mass is 9.76. The number of nitriles is 1. The number of ether oxygens (including phenoxy) is 2. The molecule has 0 aromatic heterocycles. The minimum atomic E-state index is -4.43. The van der Waals surface area contributed by atoms with E-state index in [1.807, 2.05) is 24.3 Å². The Bertz CT molecular complexity index is 1620. The fourth-order valence-electron chi connectivity index (χ4n) is 6.30. The van der Waals surface area contributed by atoms with Crippen molar-refractivity contribution in [3.05, 3.63) is 77.9 Å². The fraction of sp³-hybridized carbons (Fsp3) is 0.387. The van der Waals surface area contributed by atoms with E-state index in [9.17, 15) is 23.3 Å². The molecule has 0 bridgehead atoms. The predicted octanol–water partition coefficient (Wildman–Crippen LogP) is 4.33. The molecule has 10 heteroatoms. The smallest absolute Gasteiger partial charge is 0.438 e. The molecule has 3 unspecified atom stereocenters. The van der Waals surface area contributed by atoms with Crippen molar-refractivity contribution in [1.82, 2.24) is 4.90 Å². The van der Waals surface area contributed by atoms with E-state index in [2.05, 4.69) is 6.07 Å². The maximum Gasteiger partial charge on any atom is 0.508 e. The van der Waals surface area contributed by atoms with Gasteiger partial charge in [-0.2, -0.15) is 5.26 Å². The highest BCUT2D eigenvalue weighted by Crippen LogP contribution is 2.40. The van der Waals surface area contributed by atoms with Gasteiger partial charge in [0.05, 0.1) is 23.6 Å². The van der Waals surface area contributed by atoms with Crippen molar-refractivity contribution in [3.63, 3.8) is 0 Å². The number of carbonyl (C=O) groups excluding carboxylic acids is 2. The summed E-state index contributed by atoms with van der Waals surface area (Å²) in [5.74, 6) is -0.850. The van der Waals surface area contributed by atoms with Crippen molar-refractivity contribution in [3.8, 4) is 6.07 Å². The van der Waals surface area contributed by atoms with Gasteiger partial charge in [-0.05, 0) is 53.4 Å². The van der Waals surface area contributed by atoms with Crippen LogP contribution in [0.1, 0.15) is 43.2 Å². The van der Waals surface area contributed by atoms with E-state index >= 15 is 0 Å². The van der Waals surface area contributed by atoms with Crippen LogP contribution in [-0.4, -0.2) is 56.1 Å². The molecule has 3 aromatic rings. The highest BCUT2D eigenvalue weighted by Gasteiger charge is 2.54. The molecule has 1 aliphatic carbocycles. The van der Waals surface area contributed by atoms with E-state index in [0.717, 1.165) is 24.6 Å². The Morgan fingerprint density at radius 2 is 1.78 bits per heavy atom. The molecular formula is C31H33N3O6S. The molecule has 41 heavy (non-hydrogen) atoms. The van der Waals surface area contributed by atoms with Crippen LogP contribution in [0.5, 0.6) is 0 Å². The number of amides is 1. The van der Waals surface area contributed by atoms with Crippen LogP contribution in [0.3, 0.4) is 0 Å². The van der Waals surface area contributed by atoms with Gasteiger partial charge in [0.2, 0.25) is 14.7 Å². The molecular weight excluding hydrogens is 542 g/mol. The Hall–Kier alpha value is -3.94. The van der Waals surface area contributed by atoms with E-state index in [1.54, 1.807) is 41.3 Å². The van der Waals surface area contributed by atoms with Crippen LogP contribution >= 0.6 is 0 Å². The number of nitrogens with two attached hydrogens (primary N) is 1. The van der Waals surface area contributed by atoms with Crippen molar-refractivity contribution >= 4 is 32.7 Å². The van der Waals surface area contributed by atoms with Gasteiger partial charge in [0.15, 0.2) is 0 Å². The van der Waals surface area contributed by atoms with Crippen LogP contribution in [0, 0.1) is 17.2 Å². The highest BCUT2D eigenvalue weighted by atomic mass is 32.2. The quantitative estimate of drug-likeness (QED) is 0.429. The van der Waals surface area contributed by atoms with Crippen molar-refractivity contribution < 1.29 is 27.5 Å². The fourth-order valence-corrected chi connectivity index (χ4v) is 7.96. The summed E-state index contributed by atoms with van der Waals surface area (Å²) in [4.78, 5) is 25.6. The molecule has 0 radical (unpaired) electrons. The molecule has 4 atom stereocenters. The number of hydrogen-bond acceptors (Lipinski definition) is 8. The summed E-state index contributed by atoms with van der Waals surface area (Å²) in [5, 5.41) is 11.0. The number of carbonyl (C=O) groups is 2. The molecule has 214 valence electrons. The van der Waals surface area contributed by atoms with Gasteiger partial charge in [-0.1, -0.05) is 55.3 Å². The average molecular weight is 576 g/mol. The largest absolute Gasteiger partial charge is 0.508 e. The SMILES string of the molecule is COC(=O)OC1CCN(C(=O)[C@@](N)(Cc2cccc(C#N)c2)S(=O)(=O)c2ccc3ccccc3c2)C2CCCCC12. The number of likely N-dealkylation sites (tertiary alicyclic amines) is 1. The summed E-state index contributed by atoms with van der Waals surface area (Å²) in [6, 6.07) is 20.3. The molecule has 5 rings (SSSR count). The van der Waals surface area contributed by atoms with Gasteiger partial charge in [-0.3, -0.25) is 4.79 Å². The standard InChI is InChI=1S/C31H33N3O6S/c1-39-30(36)40-28-15-16-34(27-12-5-4-11-26(27)28)29(35)31(33,19-21-7-6-8-22(17-21)20-32)41(37,38)25-14-13-23-9-2-3-10-24(23)18-25/h2-3,6-10,13-14,17-18,26-28H,4-5,11-12,15-16,19,33H2,1H3/t26?,27?,28?,31-/m1/s1. The van der Waals surface area contributed by atoms with Gasteiger partial charge in [-0.25, -0.2) is 13.2 Å². The molecule has 2 fully saturated rings. The van der Waals surface area contributed by atoms with Gasteiger partial charge in [-0.15, -0.1) is 0 Å². The van der Waals surface area contributed by atoms with E-state index in [1.165, 1.54) is 13.2 Å². The van der Waals surface area contributed by atoms with Crippen LogP contribution in [0.15, 0.2) is 71.6 Å². The number of benzene rings is 3. The first-order valence-electron chi connectivity index (χ1n) is 13.7. The molecule has 1 heterocycles. The molecule has 1 saturated heterocycles. The molecule has 9 nitrogen and oxygen atoms in total. The van der Waals surface area contributed by atoms with Gasteiger partial charge in [0.25, 0.3) is 5.91 Å². The van der Waals surface area contributed by atoms with Gasteiger partial charge >= 0.3 is 6.16 Å². The lowest BCUT2D eigenvalue weighted by Crippen LogP contribution is -2.66. The first-order chi connectivity index (χ1) is 19.7. The third kappa shape index (κ3) is 5.39. The third-order valence-corrected chi connectivity index (χ3v) is 10.5. The number of rotatable bonds is 6. The second-order valence-electron chi connectivity index (χ2n) is 10.8. The Balaban J connectivity index is 1.57. The van der Waals surface area contributed by atoms with E-state index in [0.29, 0.717) is 29.4 Å².